The number of ether oxygens (including phenoxy) is 1. The molecule has 2 rings (SSSR count). The Balaban J connectivity index is 2.39. The van der Waals surface area contributed by atoms with Gasteiger partial charge < -0.3 is 14.3 Å². The normalized spacial score (nSPS) is 11.8. The van der Waals surface area contributed by atoms with Gasteiger partial charge in [-0.1, -0.05) is 0 Å². The fraction of sp³-hybridized carbons (Fsp3) is 0.133. The van der Waals surface area contributed by atoms with Crippen molar-refractivity contribution in [3.8, 4) is 17.1 Å². The fourth-order valence-corrected chi connectivity index (χ4v) is 1.83. The minimum Gasteiger partial charge on any atom is -0.496 e. The number of carbonyl (C=O) groups is 1. The van der Waals surface area contributed by atoms with Crippen molar-refractivity contribution in [3.63, 3.8) is 0 Å². The van der Waals surface area contributed by atoms with Crippen molar-refractivity contribution in [2.24, 2.45) is 0 Å². The molecule has 0 radical (unpaired) electrons. The first-order chi connectivity index (χ1) is 10.3. The summed E-state index contributed by atoms with van der Waals surface area (Å²) in [5.74, 6) is -1.02. The maximum Gasteiger partial charge on any atom is 0.419 e. The number of hydrogen-bond acceptors (Lipinski definition) is 3. The molecule has 0 saturated carbocycles. The van der Waals surface area contributed by atoms with Crippen LogP contribution in [0.2, 0.25) is 0 Å². The number of methoxy groups -OCH3 is 1. The van der Waals surface area contributed by atoms with Crippen LogP contribution in [0.15, 0.2) is 40.8 Å². The largest absolute Gasteiger partial charge is 0.496 e. The van der Waals surface area contributed by atoms with E-state index < -0.39 is 17.7 Å². The predicted octanol–water partition coefficient (Wildman–Crippen LogP) is 4.07. The Bertz CT molecular complexity index is 714. The van der Waals surface area contributed by atoms with Gasteiger partial charge in [0.15, 0.2) is 0 Å². The molecule has 0 atom stereocenters. The number of aliphatic carboxylic acids is 1. The van der Waals surface area contributed by atoms with Gasteiger partial charge in [0, 0.05) is 11.6 Å². The van der Waals surface area contributed by atoms with Gasteiger partial charge in [-0.15, -0.1) is 0 Å². The van der Waals surface area contributed by atoms with Crippen molar-refractivity contribution >= 4 is 12.0 Å². The summed E-state index contributed by atoms with van der Waals surface area (Å²) in [6.07, 6.45) is -2.47. The summed E-state index contributed by atoms with van der Waals surface area (Å²) in [6.45, 7) is 0. The Morgan fingerprint density at radius 2 is 2.00 bits per heavy atom. The molecule has 0 aliphatic heterocycles. The van der Waals surface area contributed by atoms with Crippen molar-refractivity contribution < 1.29 is 32.2 Å². The number of carboxylic acids is 1. The second kappa shape index (κ2) is 5.97. The molecule has 22 heavy (non-hydrogen) atoms. The highest BCUT2D eigenvalue weighted by atomic mass is 19.4. The van der Waals surface area contributed by atoms with E-state index >= 15 is 0 Å². The van der Waals surface area contributed by atoms with E-state index in [4.69, 9.17) is 14.3 Å². The molecule has 0 aliphatic rings. The molecule has 1 aromatic carbocycles. The highest BCUT2D eigenvalue weighted by Gasteiger charge is 2.34. The quantitative estimate of drug-likeness (QED) is 0.865. The molecule has 2 aromatic rings. The van der Waals surface area contributed by atoms with Gasteiger partial charge in [-0.3, -0.25) is 0 Å². The third-order valence-corrected chi connectivity index (χ3v) is 2.81. The summed E-state index contributed by atoms with van der Waals surface area (Å²) in [6, 6.07) is 6.48. The SMILES string of the molecule is COc1ccc(-c2ccc(C=CC(=O)O)o2)cc1C(F)(F)F. The molecule has 0 bridgehead atoms. The maximum absolute atomic E-state index is 13.0. The van der Waals surface area contributed by atoms with Crippen molar-refractivity contribution in [1.82, 2.24) is 0 Å². The van der Waals surface area contributed by atoms with Crippen molar-refractivity contribution in [3.05, 3.63) is 47.7 Å². The lowest BCUT2D eigenvalue weighted by atomic mass is 10.1. The second-order valence-corrected chi connectivity index (χ2v) is 4.29. The Labute approximate surface area is 123 Å². The minimum atomic E-state index is -4.56. The van der Waals surface area contributed by atoms with Gasteiger partial charge in [-0.25, -0.2) is 4.79 Å². The highest BCUT2D eigenvalue weighted by Crippen LogP contribution is 2.38. The number of halogens is 3. The average molecular weight is 312 g/mol. The van der Waals surface area contributed by atoms with Gasteiger partial charge in [-0.2, -0.15) is 13.2 Å². The van der Waals surface area contributed by atoms with Crippen LogP contribution in [0.5, 0.6) is 5.75 Å². The lowest BCUT2D eigenvalue weighted by Crippen LogP contribution is -2.07. The van der Waals surface area contributed by atoms with E-state index in [9.17, 15) is 18.0 Å². The molecule has 116 valence electrons. The Morgan fingerprint density at radius 1 is 1.27 bits per heavy atom. The topological polar surface area (TPSA) is 59.7 Å². The summed E-state index contributed by atoms with van der Waals surface area (Å²) >= 11 is 0. The molecule has 1 heterocycles. The molecule has 0 aliphatic carbocycles. The molecular formula is C15H11F3O4. The van der Waals surface area contributed by atoms with Crippen LogP contribution in [0.25, 0.3) is 17.4 Å². The standard InChI is InChI=1S/C15H11F3O4/c1-21-13-5-2-9(8-11(13)15(16,17)18)12-6-3-10(22-12)4-7-14(19)20/h2-8H,1H3,(H,19,20). The van der Waals surface area contributed by atoms with Gasteiger partial charge in [-0.05, 0) is 36.4 Å². The van der Waals surface area contributed by atoms with Crippen LogP contribution < -0.4 is 4.74 Å². The molecule has 4 nitrogen and oxygen atoms in total. The van der Waals surface area contributed by atoms with Gasteiger partial charge in [0.05, 0.1) is 12.7 Å². The lowest BCUT2D eigenvalue weighted by molar-refractivity contribution is -0.138. The smallest absolute Gasteiger partial charge is 0.419 e. The van der Waals surface area contributed by atoms with Gasteiger partial charge in [0.25, 0.3) is 0 Å². The highest BCUT2D eigenvalue weighted by molar-refractivity contribution is 5.84. The van der Waals surface area contributed by atoms with E-state index in [1.165, 1.54) is 30.3 Å². The first-order valence-corrected chi connectivity index (χ1v) is 6.07. The van der Waals surface area contributed by atoms with Gasteiger partial charge in [0.1, 0.15) is 17.3 Å². The van der Waals surface area contributed by atoms with Crippen molar-refractivity contribution in [2.75, 3.05) is 7.11 Å². The van der Waals surface area contributed by atoms with Crippen LogP contribution in [0.4, 0.5) is 13.2 Å². The second-order valence-electron chi connectivity index (χ2n) is 4.29. The summed E-state index contributed by atoms with van der Waals surface area (Å²) in [4.78, 5) is 10.4. The zero-order chi connectivity index (χ0) is 16.3. The number of rotatable bonds is 4. The zero-order valence-electron chi connectivity index (χ0n) is 11.3. The summed E-state index contributed by atoms with van der Waals surface area (Å²) in [5.41, 5.74) is -0.699. The monoisotopic (exact) mass is 312 g/mol. The number of carboxylic acid groups (broad SMARTS) is 1. The molecule has 0 spiro atoms. The fourth-order valence-electron chi connectivity index (χ4n) is 1.83. The van der Waals surface area contributed by atoms with Crippen LogP contribution in [-0.2, 0) is 11.0 Å². The van der Waals surface area contributed by atoms with E-state index in [2.05, 4.69) is 0 Å². The third kappa shape index (κ3) is 3.49. The summed E-state index contributed by atoms with van der Waals surface area (Å²) < 4.78 is 48.9. The summed E-state index contributed by atoms with van der Waals surface area (Å²) in [7, 11) is 1.16. The Morgan fingerprint density at radius 3 is 2.59 bits per heavy atom. The molecule has 0 unspecified atom stereocenters. The van der Waals surface area contributed by atoms with Gasteiger partial charge in [0.2, 0.25) is 0 Å². The molecule has 0 saturated heterocycles. The van der Waals surface area contributed by atoms with Gasteiger partial charge >= 0.3 is 12.1 Å². The predicted molar refractivity (Wildman–Crippen MR) is 72.4 cm³/mol. The van der Waals surface area contributed by atoms with Crippen molar-refractivity contribution in [1.29, 1.82) is 0 Å². The van der Waals surface area contributed by atoms with Crippen LogP contribution in [0, 0.1) is 0 Å². The minimum absolute atomic E-state index is 0.193. The average Bonchev–Trinajstić information content (AvgIpc) is 2.92. The Kier molecular flexibility index (Phi) is 4.25. The van der Waals surface area contributed by atoms with E-state index in [1.807, 2.05) is 0 Å². The van der Waals surface area contributed by atoms with Crippen LogP contribution in [0.3, 0.4) is 0 Å². The van der Waals surface area contributed by atoms with E-state index in [0.717, 1.165) is 19.3 Å². The maximum atomic E-state index is 13.0. The molecule has 0 fully saturated rings. The third-order valence-electron chi connectivity index (χ3n) is 2.81. The van der Waals surface area contributed by atoms with E-state index in [1.54, 1.807) is 0 Å². The molecule has 1 N–H and O–H groups in total. The summed E-state index contributed by atoms with van der Waals surface area (Å²) in [5, 5.41) is 8.51. The molecular weight excluding hydrogens is 301 g/mol. The molecule has 7 heteroatoms. The number of hydrogen-bond donors (Lipinski definition) is 1. The van der Waals surface area contributed by atoms with Crippen molar-refractivity contribution in [2.45, 2.75) is 6.18 Å². The number of alkyl halides is 3. The van der Waals surface area contributed by atoms with Crippen LogP contribution in [-0.4, -0.2) is 18.2 Å². The Hall–Kier alpha value is -2.70. The number of benzene rings is 1. The van der Waals surface area contributed by atoms with Crippen LogP contribution in [0.1, 0.15) is 11.3 Å². The zero-order valence-corrected chi connectivity index (χ0v) is 11.3. The lowest BCUT2D eigenvalue weighted by Gasteiger charge is -2.12. The molecule has 0 amide bonds. The first-order valence-electron chi connectivity index (χ1n) is 6.07. The molecule has 1 aromatic heterocycles. The van der Waals surface area contributed by atoms with Crippen LogP contribution >= 0.6 is 0 Å². The van der Waals surface area contributed by atoms with E-state index in [-0.39, 0.29) is 22.8 Å². The van der Waals surface area contributed by atoms with E-state index in [0.29, 0.717) is 0 Å². The first kappa shape index (κ1) is 15.7. The number of furan rings is 1.